The summed E-state index contributed by atoms with van der Waals surface area (Å²) < 4.78 is 32.7. The normalized spacial score (nSPS) is 17.6. The van der Waals surface area contributed by atoms with Crippen LogP contribution in [0.1, 0.15) is 42.1 Å². The van der Waals surface area contributed by atoms with Crippen LogP contribution < -0.4 is 4.90 Å². The van der Waals surface area contributed by atoms with E-state index in [4.69, 9.17) is 16.3 Å². The van der Waals surface area contributed by atoms with Crippen LogP contribution in [0.25, 0.3) is 0 Å². The third-order valence-electron chi connectivity index (χ3n) is 5.90. The van der Waals surface area contributed by atoms with Crippen LogP contribution in [0.4, 0.5) is 5.69 Å². The first-order valence-corrected chi connectivity index (χ1v) is 12.5. The highest BCUT2D eigenvalue weighted by atomic mass is 35.5. The number of ether oxygens (including phenoxy) is 1. The smallest absolute Gasteiger partial charge is 0.340 e. The highest BCUT2D eigenvalue weighted by molar-refractivity contribution is 7.89. The molecule has 0 N–H and O–H groups in total. The Morgan fingerprint density at radius 1 is 1.03 bits per heavy atom. The molecule has 2 aromatic carbocycles. The third-order valence-corrected chi connectivity index (χ3v) is 8.12. The molecule has 0 spiro atoms. The molecular weight excluding hydrogens is 452 g/mol. The number of hydrogen-bond donors (Lipinski definition) is 0. The largest absolute Gasteiger partial charge is 0.449 e. The Morgan fingerprint density at radius 2 is 1.75 bits per heavy atom. The highest BCUT2D eigenvalue weighted by Gasteiger charge is 2.31. The number of hydrogen-bond acceptors (Lipinski definition) is 5. The van der Waals surface area contributed by atoms with E-state index in [1.807, 2.05) is 24.3 Å². The van der Waals surface area contributed by atoms with Crippen LogP contribution in [-0.4, -0.2) is 50.3 Å². The maximum atomic E-state index is 13.0. The molecule has 1 fully saturated rings. The number of fused-ring (bicyclic) bond motifs is 1. The monoisotopic (exact) mass is 476 g/mol. The van der Waals surface area contributed by atoms with Gasteiger partial charge in [-0.15, -0.1) is 0 Å². The predicted molar refractivity (Wildman–Crippen MR) is 121 cm³/mol. The van der Waals surface area contributed by atoms with Gasteiger partial charge >= 0.3 is 5.97 Å². The van der Waals surface area contributed by atoms with Gasteiger partial charge in [-0.05, 0) is 56.0 Å². The number of amides is 1. The number of sulfonamides is 1. The molecule has 2 aliphatic rings. The Bertz CT molecular complexity index is 1140. The van der Waals surface area contributed by atoms with Gasteiger partial charge < -0.3 is 9.64 Å². The number of anilines is 1. The minimum Gasteiger partial charge on any atom is -0.449 e. The number of carbonyl (C=O) groups is 2. The van der Waals surface area contributed by atoms with Crippen molar-refractivity contribution in [2.24, 2.45) is 0 Å². The van der Waals surface area contributed by atoms with Gasteiger partial charge in [0, 0.05) is 25.3 Å². The van der Waals surface area contributed by atoms with Crippen molar-refractivity contribution in [1.29, 1.82) is 0 Å². The standard InChI is InChI=1S/C23H25ClN2O5S/c1-16(22(27)26-14-11-17-7-3-4-8-21(17)26)31-23(28)19-15-18(9-10-20(19)24)32(29,30)25-12-5-2-6-13-25/h3-4,7-10,15-16H,2,5-6,11-14H2,1H3/t16-/m1/s1. The maximum Gasteiger partial charge on any atom is 0.340 e. The summed E-state index contributed by atoms with van der Waals surface area (Å²) >= 11 is 6.18. The molecule has 2 heterocycles. The molecule has 0 saturated carbocycles. The summed E-state index contributed by atoms with van der Waals surface area (Å²) in [4.78, 5) is 27.3. The van der Waals surface area contributed by atoms with Crippen molar-refractivity contribution < 1.29 is 22.7 Å². The molecule has 0 aliphatic carbocycles. The van der Waals surface area contributed by atoms with Gasteiger partial charge in [-0.25, -0.2) is 13.2 Å². The van der Waals surface area contributed by atoms with Crippen molar-refractivity contribution in [2.75, 3.05) is 24.5 Å². The first-order chi connectivity index (χ1) is 15.3. The van der Waals surface area contributed by atoms with Gasteiger partial charge in [0.2, 0.25) is 10.0 Å². The first-order valence-electron chi connectivity index (χ1n) is 10.7. The zero-order valence-electron chi connectivity index (χ0n) is 17.8. The summed E-state index contributed by atoms with van der Waals surface area (Å²) in [6, 6.07) is 11.6. The van der Waals surface area contributed by atoms with E-state index in [0.717, 1.165) is 36.9 Å². The van der Waals surface area contributed by atoms with Crippen LogP contribution in [0.2, 0.25) is 5.02 Å². The third kappa shape index (κ3) is 4.40. The van der Waals surface area contributed by atoms with Crippen molar-refractivity contribution in [1.82, 2.24) is 4.31 Å². The molecule has 170 valence electrons. The van der Waals surface area contributed by atoms with Crippen molar-refractivity contribution in [3.05, 3.63) is 58.6 Å². The van der Waals surface area contributed by atoms with E-state index >= 15 is 0 Å². The molecule has 7 nitrogen and oxygen atoms in total. The molecule has 1 saturated heterocycles. The van der Waals surface area contributed by atoms with Gasteiger partial charge in [0.25, 0.3) is 5.91 Å². The van der Waals surface area contributed by atoms with Crippen molar-refractivity contribution in [2.45, 2.75) is 43.6 Å². The van der Waals surface area contributed by atoms with Crippen molar-refractivity contribution in [3.63, 3.8) is 0 Å². The van der Waals surface area contributed by atoms with Gasteiger partial charge in [-0.2, -0.15) is 4.31 Å². The molecule has 2 aliphatic heterocycles. The number of piperidine rings is 1. The zero-order valence-corrected chi connectivity index (χ0v) is 19.4. The van der Waals surface area contributed by atoms with E-state index < -0.39 is 22.1 Å². The molecule has 0 bridgehead atoms. The van der Waals surface area contributed by atoms with Crippen LogP contribution in [0.15, 0.2) is 47.4 Å². The fourth-order valence-electron chi connectivity index (χ4n) is 4.14. The minimum absolute atomic E-state index is 0.0109. The highest BCUT2D eigenvalue weighted by Crippen LogP contribution is 2.29. The van der Waals surface area contributed by atoms with Gasteiger partial charge in [0.1, 0.15) is 0 Å². The molecule has 4 rings (SSSR count). The van der Waals surface area contributed by atoms with E-state index in [0.29, 0.717) is 19.6 Å². The Kier molecular flexibility index (Phi) is 6.55. The van der Waals surface area contributed by atoms with E-state index in [-0.39, 0.29) is 21.4 Å². The van der Waals surface area contributed by atoms with Crippen molar-refractivity contribution >= 4 is 39.2 Å². The Morgan fingerprint density at radius 3 is 2.50 bits per heavy atom. The first kappa shape index (κ1) is 22.8. The molecule has 1 amide bonds. The molecule has 32 heavy (non-hydrogen) atoms. The van der Waals surface area contributed by atoms with Gasteiger partial charge in [-0.3, -0.25) is 4.79 Å². The quantitative estimate of drug-likeness (QED) is 0.615. The number of rotatable bonds is 5. The lowest BCUT2D eigenvalue weighted by atomic mass is 10.2. The second-order valence-corrected chi connectivity index (χ2v) is 10.4. The lowest BCUT2D eigenvalue weighted by Gasteiger charge is -2.26. The summed E-state index contributed by atoms with van der Waals surface area (Å²) in [7, 11) is -3.73. The Balaban J connectivity index is 1.51. The van der Waals surface area contributed by atoms with E-state index in [2.05, 4.69) is 0 Å². The lowest BCUT2D eigenvalue weighted by Crippen LogP contribution is -2.39. The van der Waals surface area contributed by atoms with Crippen LogP contribution in [-0.2, 0) is 26.0 Å². The zero-order chi connectivity index (χ0) is 22.9. The van der Waals surface area contributed by atoms with Crippen LogP contribution in [0.3, 0.4) is 0 Å². The van der Waals surface area contributed by atoms with E-state index in [1.165, 1.54) is 29.4 Å². The number of para-hydroxylation sites is 1. The molecule has 2 aromatic rings. The fraction of sp³-hybridized carbons (Fsp3) is 0.391. The summed E-state index contributed by atoms with van der Waals surface area (Å²) in [5, 5.41) is 0.0683. The summed E-state index contributed by atoms with van der Waals surface area (Å²) in [6.45, 7) is 2.93. The SMILES string of the molecule is C[C@@H](OC(=O)c1cc(S(=O)(=O)N2CCCCC2)ccc1Cl)C(=O)N1CCc2ccccc21. The number of carbonyl (C=O) groups excluding carboxylic acids is 2. The summed E-state index contributed by atoms with van der Waals surface area (Å²) in [5.41, 5.74) is 1.80. The van der Waals surface area contributed by atoms with Crippen LogP contribution in [0.5, 0.6) is 0 Å². The average Bonchev–Trinajstić information content (AvgIpc) is 3.23. The van der Waals surface area contributed by atoms with Gasteiger partial charge in [-0.1, -0.05) is 36.2 Å². The van der Waals surface area contributed by atoms with Gasteiger partial charge in [0.05, 0.1) is 15.5 Å². The predicted octanol–water partition coefficient (Wildman–Crippen LogP) is 3.65. The second-order valence-electron chi connectivity index (χ2n) is 8.02. The summed E-state index contributed by atoms with van der Waals surface area (Å²) in [5.74, 6) is -1.17. The van der Waals surface area contributed by atoms with Crippen molar-refractivity contribution in [3.8, 4) is 0 Å². The number of halogens is 1. The lowest BCUT2D eigenvalue weighted by molar-refractivity contribution is -0.126. The molecule has 9 heteroatoms. The molecular formula is C23H25ClN2O5S. The molecule has 0 unspecified atom stereocenters. The maximum absolute atomic E-state index is 13.0. The van der Waals surface area contributed by atoms with E-state index in [1.54, 1.807) is 4.90 Å². The second kappa shape index (κ2) is 9.21. The number of nitrogens with zero attached hydrogens (tertiary/aromatic N) is 2. The number of esters is 1. The number of benzene rings is 2. The van der Waals surface area contributed by atoms with Gasteiger partial charge in [0.15, 0.2) is 6.10 Å². The van der Waals surface area contributed by atoms with Crippen LogP contribution >= 0.6 is 11.6 Å². The summed E-state index contributed by atoms with van der Waals surface area (Å²) in [6.07, 6.45) is 2.30. The fourth-order valence-corrected chi connectivity index (χ4v) is 5.88. The Labute approximate surface area is 193 Å². The van der Waals surface area contributed by atoms with E-state index in [9.17, 15) is 18.0 Å². The molecule has 1 atom stereocenters. The molecule has 0 aromatic heterocycles. The molecule has 0 radical (unpaired) electrons. The Hall–Kier alpha value is -2.42. The topological polar surface area (TPSA) is 84.0 Å². The minimum atomic E-state index is -3.73. The average molecular weight is 477 g/mol. The van der Waals surface area contributed by atoms with Crippen LogP contribution in [0, 0.1) is 0 Å².